The van der Waals surface area contributed by atoms with E-state index in [1.807, 2.05) is 24.3 Å². The number of nitrogens with zero attached hydrogens (tertiary/aromatic N) is 1. The summed E-state index contributed by atoms with van der Waals surface area (Å²) >= 11 is 13.5. The van der Waals surface area contributed by atoms with Crippen LogP contribution >= 0.6 is 35.0 Å². The average Bonchev–Trinajstić information content (AvgIpc) is 2.61. The molecule has 0 aliphatic carbocycles. The van der Waals surface area contributed by atoms with Crippen LogP contribution in [0.4, 0.5) is 5.69 Å². The lowest BCUT2D eigenvalue weighted by molar-refractivity contribution is -0.119. The molecule has 0 radical (unpaired) electrons. The van der Waals surface area contributed by atoms with Gasteiger partial charge in [-0.2, -0.15) is 11.8 Å². The maximum atomic E-state index is 12.3. The van der Waals surface area contributed by atoms with Crippen LogP contribution in [0.2, 0.25) is 10.0 Å². The quantitative estimate of drug-likeness (QED) is 0.571. The van der Waals surface area contributed by atoms with E-state index in [1.165, 1.54) is 0 Å². The zero-order chi connectivity index (χ0) is 20.7. The Morgan fingerprint density at radius 3 is 2.36 bits per heavy atom. The molecule has 0 aromatic heterocycles. The molecule has 0 aliphatic heterocycles. The lowest BCUT2D eigenvalue weighted by Gasteiger charge is -2.23. The molecule has 0 heterocycles. The predicted molar refractivity (Wildman–Crippen MR) is 119 cm³/mol. The highest BCUT2D eigenvalue weighted by atomic mass is 35.5. The van der Waals surface area contributed by atoms with Gasteiger partial charge in [0.05, 0.1) is 11.9 Å². The van der Waals surface area contributed by atoms with Crippen molar-refractivity contribution >= 4 is 56.6 Å². The number of carbonyl (C=O) groups excluding carboxylic acids is 1. The van der Waals surface area contributed by atoms with E-state index >= 15 is 0 Å². The lowest BCUT2D eigenvalue weighted by atomic mass is 10.2. The zero-order valence-electron chi connectivity index (χ0n) is 15.6. The molecule has 0 unspecified atom stereocenters. The molecule has 2 aromatic rings. The Morgan fingerprint density at radius 2 is 1.75 bits per heavy atom. The third kappa shape index (κ3) is 7.20. The molecule has 5 nitrogen and oxygen atoms in total. The predicted octanol–water partition coefficient (Wildman–Crippen LogP) is 4.12. The number of aryl methyl sites for hydroxylation is 1. The molecule has 0 saturated heterocycles. The number of rotatable bonds is 9. The van der Waals surface area contributed by atoms with Crippen LogP contribution in [-0.4, -0.2) is 39.4 Å². The van der Waals surface area contributed by atoms with Gasteiger partial charge in [-0.25, -0.2) is 8.42 Å². The van der Waals surface area contributed by atoms with Crippen LogP contribution in [0.15, 0.2) is 42.5 Å². The molecule has 2 rings (SSSR count). The van der Waals surface area contributed by atoms with Crippen LogP contribution in [0.1, 0.15) is 11.1 Å². The molecule has 0 saturated carbocycles. The molecule has 1 N–H and O–H groups in total. The summed E-state index contributed by atoms with van der Waals surface area (Å²) in [4.78, 5) is 12.3. The number of thioether (sulfide) groups is 1. The molecule has 28 heavy (non-hydrogen) atoms. The summed E-state index contributed by atoms with van der Waals surface area (Å²) in [6.45, 7) is 1.93. The Labute approximate surface area is 180 Å². The molecular weight excluding hydrogens is 439 g/mol. The lowest BCUT2D eigenvalue weighted by Crippen LogP contribution is -2.41. The number of sulfonamides is 1. The van der Waals surface area contributed by atoms with Crippen LogP contribution in [-0.2, 0) is 20.6 Å². The van der Waals surface area contributed by atoms with E-state index in [0.717, 1.165) is 21.9 Å². The molecule has 152 valence electrons. The normalized spacial score (nSPS) is 11.3. The van der Waals surface area contributed by atoms with Crippen molar-refractivity contribution in [2.75, 3.05) is 29.4 Å². The molecule has 0 aliphatic rings. The third-order valence-corrected chi connectivity index (χ3v) is 6.51. The van der Waals surface area contributed by atoms with E-state index in [0.29, 0.717) is 33.6 Å². The van der Waals surface area contributed by atoms with Crippen molar-refractivity contribution in [2.24, 2.45) is 0 Å². The largest absolute Gasteiger partial charge is 0.354 e. The highest BCUT2D eigenvalue weighted by molar-refractivity contribution is 7.98. The van der Waals surface area contributed by atoms with Crippen LogP contribution in [0.25, 0.3) is 0 Å². The number of nitrogens with one attached hydrogen (secondary N) is 1. The molecular formula is C19H22Cl2N2O3S2. The van der Waals surface area contributed by atoms with Crippen molar-refractivity contribution in [3.8, 4) is 0 Å². The topological polar surface area (TPSA) is 66.5 Å². The molecule has 9 heteroatoms. The average molecular weight is 461 g/mol. The minimum absolute atomic E-state index is 0.275. The van der Waals surface area contributed by atoms with Crippen LogP contribution in [0.3, 0.4) is 0 Å². The van der Waals surface area contributed by atoms with Gasteiger partial charge in [0.15, 0.2) is 0 Å². The molecule has 2 aromatic carbocycles. The van der Waals surface area contributed by atoms with Gasteiger partial charge in [-0.1, -0.05) is 35.3 Å². The molecule has 0 bridgehead atoms. The van der Waals surface area contributed by atoms with Gasteiger partial charge in [0.25, 0.3) is 0 Å². The molecule has 0 fully saturated rings. The number of amides is 1. The smallest absolute Gasteiger partial charge is 0.240 e. The summed E-state index contributed by atoms with van der Waals surface area (Å²) < 4.78 is 25.4. The Morgan fingerprint density at radius 1 is 1.11 bits per heavy atom. The monoisotopic (exact) mass is 460 g/mol. The van der Waals surface area contributed by atoms with E-state index in [2.05, 4.69) is 5.32 Å². The Balaban J connectivity index is 1.85. The fraction of sp³-hybridized carbons (Fsp3) is 0.316. The summed E-state index contributed by atoms with van der Waals surface area (Å²) in [6.07, 6.45) is 1.08. The van der Waals surface area contributed by atoms with Crippen molar-refractivity contribution in [1.29, 1.82) is 0 Å². The Kier molecular flexibility index (Phi) is 8.49. The van der Waals surface area contributed by atoms with Crippen molar-refractivity contribution in [3.05, 3.63) is 63.6 Å². The second-order valence-electron chi connectivity index (χ2n) is 6.23. The number of anilines is 1. The van der Waals surface area contributed by atoms with Crippen LogP contribution in [0.5, 0.6) is 0 Å². The highest BCUT2D eigenvalue weighted by Gasteiger charge is 2.22. The van der Waals surface area contributed by atoms with Crippen molar-refractivity contribution in [2.45, 2.75) is 12.7 Å². The van der Waals surface area contributed by atoms with Crippen LogP contribution < -0.4 is 9.62 Å². The number of carbonyl (C=O) groups is 1. The minimum Gasteiger partial charge on any atom is -0.354 e. The summed E-state index contributed by atoms with van der Waals surface area (Å²) in [6, 6.07) is 12.5. The molecule has 0 atom stereocenters. The second kappa shape index (κ2) is 10.4. The van der Waals surface area contributed by atoms with Gasteiger partial charge in [-0.05, 0) is 48.4 Å². The SMILES string of the molecule is Cc1cc(Cl)ccc1N(CC(=O)NCCSCc1ccc(Cl)cc1)S(C)(=O)=O. The summed E-state index contributed by atoms with van der Waals surface area (Å²) in [5.41, 5.74) is 2.28. The fourth-order valence-electron chi connectivity index (χ4n) is 2.50. The van der Waals surface area contributed by atoms with E-state index < -0.39 is 10.0 Å². The van der Waals surface area contributed by atoms with E-state index in [9.17, 15) is 13.2 Å². The van der Waals surface area contributed by atoms with Crippen LogP contribution in [0, 0.1) is 6.92 Å². The van der Waals surface area contributed by atoms with Gasteiger partial charge in [-0.15, -0.1) is 0 Å². The van der Waals surface area contributed by atoms with Gasteiger partial charge in [-0.3, -0.25) is 9.10 Å². The highest BCUT2D eigenvalue weighted by Crippen LogP contribution is 2.25. The number of hydrogen-bond acceptors (Lipinski definition) is 4. The number of benzene rings is 2. The van der Waals surface area contributed by atoms with Gasteiger partial charge >= 0.3 is 0 Å². The Hall–Kier alpha value is -1.41. The first-order chi connectivity index (χ1) is 13.2. The maximum absolute atomic E-state index is 12.3. The van der Waals surface area contributed by atoms with E-state index in [4.69, 9.17) is 23.2 Å². The van der Waals surface area contributed by atoms with Gasteiger partial charge in [0.1, 0.15) is 6.54 Å². The maximum Gasteiger partial charge on any atom is 0.240 e. The number of halogens is 2. The van der Waals surface area contributed by atoms with Gasteiger partial charge in [0.2, 0.25) is 15.9 Å². The first-order valence-corrected chi connectivity index (χ1v) is 12.3. The number of hydrogen-bond donors (Lipinski definition) is 1. The van der Waals surface area contributed by atoms with Gasteiger partial charge in [0, 0.05) is 28.1 Å². The zero-order valence-corrected chi connectivity index (χ0v) is 18.8. The standard InChI is InChI=1S/C19H22Cl2N2O3S2/c1-14-11-17(21)7-8-18(14)23(28(2,25)26)12-19(24)22-9-10-27-13-15-3-5-16(20)6-4-15/h3-8,11H,9-10,12-13H2,1-2H3,(H,22,24). The Bertz CT molecular complexity index is 919. The third-order valence-electron chi connectivity index (χ3n) is 3.87. The first-order valence-electron chi connectivity index (χ1n) is 8.49. The van der Waals surface area contributed by atoms with Crippen molar-refractivity contribution < 1.29 is 13.2 Å². The fourth-order valence-corrected chi connectivity index (χ4v) is 4.58. The summed E-state index contributed by atoms with van der Waals surface area (Å²) in [5.74, 6) is 1.17. The van der Waals surface area contributed by atoms with Crippen molar-refractivity contribution in [1.82, 2.24) is 5.32 Å². The second-order valence-corrected chi connectivity index (χ2v) is 10.1. The summed E-state index contributed by atoms with van der Waals surface area (Å²) in [7, 11) is -3.61. The van der Waals surface area contributed by atoms with Crippen molar-refractivity contribution in [3.63, 3.8) is 0 Å². The van der Waals surface area contributed by atoms with Gasteiger partial charge < -0.3 is 5.32 Å². The molecule has 1 amide bonds. The summed E-state index contributed by atoms with van der Waals surface area (Å²) in [5, 5.41) is 3.98. The minimum atomic E-state index is -3.61. The van der Waals surface area contributed by atoms with E-state index in [1.54, 1.807) is 36.9 Å². The van der Waals surface area contributed by atoms with E-state index in [-0.39, 0.29) is 12.5 Å². The molecule has 0 spiro atoms. The first kappa shape index (κ1) is 22.9.